The van der Waals surface area contributed by atoms with Crippen LogP contribution in [0.25, 0.3) is 4.96 Å². The lowest BCUT2D eigenvalue weighted by atomic mass is 9.97. The predicted molar refractivity (Wildman–Crippen MR) is 86.0 cm³/mol. The molecule has 1 saturated heterocycles. The highest BCUT2D eigenvalue weighted by Crippen LogP contribution is 2.31. The van der Waals surface area contributed by atoms with E-state index in [-0.39, 0.29) is 5.91 Å². The molecular formula is C15H23N5OS. The zero-order valence-electron chi connectivity index (χ0n) is 13.4. The lowest BCUT2D eigenvalue weighted by molar-refractivity contribution is -0.134. The highest BCUT2D eigenvalue weighted by molar-refractivity contribution is 7.16. The van der Waals surface area contributed by atoms with Gasteiger partial charge in [0.15, 0.2) is 5.82 Å². The van der Waals surface area contributed by atoms with E-state index < -0.39 is 0 Å². The number of aryl methyl sites for hydroxylation is 1. The van der Waals surface area contributed by atoms with Crippen molar-refractivity contribution in [3.63, 3.8) is 0 Å². The molecule has 1 aliphatic rings. The first kappa shape index (κ1) is 15.4. The quantitative estimate of drug-likeness (QED) is 0.849. The van der Waals surface area contributed by atoms with E-state index in [1.165, 1.54) is 0 Å². The van der Waals surface area contributed by atoms with Crippen LogP contribution in [0.15, 0.2) is 0 Å². The fourth-order valence-electron chi connectivity index (χ4n) is 2.95. The van der Waals surface area contributed by atoms with Crippen molar-refractivity contribution in [3.8, 4) is 0 Å². The van der Waals surface area contributed by atoms with Gasteiger partial charge in [0, 0.05) is 31.8 Å². The summed E-state index contributed by atoms with van der Waals surface area (Å²) in [5.74, 6) is 2.04. The summed E-state index contributed by atoms with van der Waals surface area (Å²) in [6, 6.07) is 0. The van der Waals surface area contributed by atoms with Gasteiger partial charge in [0.05, 0.1) is 0 Å². The fourth-order valence-corrected chi connectivity index (χ4v) is 3.93. The number of likely N-dealkylation sites (tertiary alicyclic amines) is 1. The third-order valence-electron chi connectivity index (χ3n) is 3.98. The Labute approximate surface area is 134 Å². The first-order chi connectivity index (χ1) is 10.6. The minimum Gasteiger partial charge on any atom is -0.342 e. The second-order valence-electron chi connectivity index (χ2n) is 6.43. The first-order valence-electron chi connectivity index (χ1n) is 8.07. The SMILES string of the molecule is CCCc1nnc2sc([C@H]3CCC(=O)N(CC(C)C)C3)nn12. The third-order valence-corrected chi connectivity index (χ3v) is 5.04. The molecule has 0 aliphatic carbocycles. The second kappa shape index (κ2) is 6.32. The van der Waals surface area contributed by atoms with Crippen LogP contribution in [0.4, 0.5) is 0 Å². The molecule has 0 N–H and O–H groups in total. The molecular weight excluding hydrogens is 298 g/mol. The Balaban J connectivity index is 1.80. The maximum absolute atomic E-state index is 12.0. The Morgan fingerprint density at radius 3 is 2.91 bits per heavy atom. The van der Waals surface area contributed by atoms with E-state index in [1.807, 2.05) is 9.42 Å². The van der Waals surface area contributed by atoms with Gasteiger partial charge in [0.1, 0.15) is 5.01 Å². The highest BCUT2D eigenvalue weighted by atomic mass is 32.1. The van der Waals surface area contributed by atoms with E-state index in [0.29, 0.717) is 18.3 Å². The van der Waals surface area contributed by atoms with Crippen LogP contribution in [0.1, 0.15) is 56.8 Å². The molecule has 0 bridgehead atoms. The summed E-state index contributed by atoms with van der Waals surface area (Å²) in [7, 11) is 0. The van der Waals surface area contributed by atoms with E-state index in [9.17, 15) is 4.79 Å². The molecule has 6 nitrogen and oxygen atoms in total. The zero-order valence-corrected chi connectivity index (χ0v) is 14.3. The number of piperidine rings is 1. The smallest absolute Gasteiger partial charge is 0.234 e. The molecule has 0 spiro atoms. The van der Waals surface area contributed by atoms with Crippen molar-refractivity contribution in [2.45, 2.75) is 52.4 Å². The lowest BCUT2D eigenvalue weighted by Crippen LogP contribution is -2.41. The number of carbonyl (C=O) groups is 1. The zero-order chi connectivity index (χ0) is 15.7. The van der Waals surface area contributed by atoms with Crippen LogP contribution in [0.3, 0.4) is 0 Å². The van der Waals surface area contributed by atoms with Gasteiger partial charge in [0.2, 0.25) is 10.9 Å². The van der Waals surface area contributed by atoms with Gasteiger partial charge in [-0.1, -0.05) is 32.1 Å². The van der Waals surface area contributed by atoms with Gasteiger partial charge in [-0.2, -0.15) is 9.61 Å². The number of fused-ring (bicyclic) bond motifs is 1. The van der Waals surface area contributed by atoms with E-state index in [1.54, 1.807) is 11.3 Å². The molecule has 1 amide bonds. The number of hydrogen-bond acceptors (Lipinski definition) is 5. The van der Waals surface area contributed by atoms with Crippen LogP contribution in [0.5, 0.6) is 0 Å². The number of carbonyl (C=O) groups excluding carboxylic acids is 1. The molecule has 3 heterocycles. The Morgan fingerprint density at radius 2 is 2.18 bits per heavy atom. The monoisotopic (exact) mass is 321 g/mol. The summed E-state index contributed by atoms with van der Waals surface area (Å²) in [5.41, 5.74) is 0. The number of aromatic nitrogens is 4. The minimum atomic E-state index is 0.277. The van der Waals surface area contributed by atoms with Gasteiger partial charge in [-0.25, -0.2) is 0 Å². The van der Waals surface area contributed by atoms with E-state index in [2.05, 4.69) is 31.0 Å². The van der Waals surface area contributed by atoms with Crippen LogP contribution >= 0.6 is 11.3 Å². The molecule has 2 aromatic rings. The molecule has 22 heavy (non-hydrogen) atoms. The maximum Gasteiger partial charge on any atom is 0.234 e. The fraction of sp³-hybridized carbons (Fsp3) is 0.733. The van der Waals surface area contributed by atoms with Crippen LogP contribution < -0.4 is 0 Å². The van der Waals surface area contributed by atoms with Gasteiger partial charge in [-0.3, -0.25) is 4.79 Å². The largest absolute Gasteiger partial charge is 0.342 e. The van der Waals surface area contributed by atoms with Gasteiger partial charge < -0.3 is 4.90 Å². The molecule has 1 atom stereocenters. The van der Waals surface area contributed by atoms with Crippen molar-refractivity contribution >= 4 is 22.2 Å². The molecule has 7 heteroatoms. The Hall–Kier alpha value is -1.50. The molecule has 0 saturated carbocycles. The van der Waals surface area contributed by atoms with E-state index >= 15 is 0 Å². The second-order valence-corrected chi connectivity index (χ2v) is 7.42. The van der Waals surface area contributed by atoms with E-state index in [4.69, 9.17) is 5.10 Å². The number of nitrogens with zero attached hydrogens (tertiary/aromatic N) is 5. The normalized spacial score (nSPS) is 19.5. The van der Waals surface area contributed by atoms with Gasteiger partial charge in [-0.15, -0.1) is 10.2 Å². The van der Waals surface area contributed by atoms with Crippen molar-refractivity contribution in [1.82, 2.24) is 24.7 Å². The van der Waals surface area contributed by atoms with Gasteiger partial charge in [0.25, 0.3) is 0 Å². The number of rotatable bonds is 5. The molecule has 0 unspecified atom stereocenters. The maximum atomic E-state index is 12.0. The molecule has 0 radical (unpaired) electrons. The lowest BCUT2D eigenvalue weighted by Gasteiger charge is -2.32. The standard InChI is InChI=1S/C15H23N5OS/c1-4-5-12-16-17-15-20(12)18-14(22-15)11-6-7-13(21)19(9-11)8-10(2)3/h10-11H,4-9H2,1-3H3/t11-/m0/s1. The topological polar surface area (TPSA) is 63.4 Å². The summed E-state index contributed by atoms with van der Waals surface area (Å²) < 4.78 is 1.88. The molecule has 1 aliphatic heterocycles. The first-order valence-corrected chi connectivity index (χ1v) is 8.89. The third kappa shape index (κ3) is 2.99. The molecule has 0 aromatic carbocycles. The minimum absolute atomic E-state index is 0.277. The Bertz CT molecular complexity index is 662. The number of amides is 1. The van der Waals surface area contributed by atoms with Crippen molar-refractivity contribution in [2.75, 3.05) is 13.1 Å². The summed E-state index contributed by atoms with van der Waals surface area (Å²) in [6.45, 7) is 8.05. The summed E-state index contributed by atoms with van der Waals surface area (Å²) in [4.78, 5) is 14.9. The van der Waals surface area contributed by atoms with Crippen molar-refractivity contribution in [1.29, 1.82) is 0 Å². The van der Waals surface area contributed by atoms with Crippen LogP contribution in [0, 0.1) is 5.92 Å². The van der Waals surface area contributed by atoms with Crippen molar-refractivity contribution in [2.24, 2.45) is 5.92 Å². The predicted octanol–water partition coefficient (Wildman–Crippen LogP) is 2.50. The van der Waals surface area contributed by atoms with Gasteiger partial charge >= 0.3 is 0 Å². The Morgan fingerprint density at radius 1 is 1.36 bits per heavy atom. The van der Waals surface area contributed by atoms with Crippen LogP contribution in [-0.2, 0) is 11.2 Å². The van der Waals surface area contributed by atoms with Crippen LogP contribution in [0.2, 0.25) is 0 Å². The summed E-state index contributed by atoms with van der Waals surface area (Å²) >= 11 is 1.61. The average molecular weight is 321 g/mol. The van der Waals surface area contributed by atoms with Crippen molar-refractivity contribution in [3.05, 3.63) is 10.8 Å². The highest BCUT2D eigenvalue weighted by Gasteiger charge is 2.29. The summed E-state index contributed by atoms with van der Waals surface area (Å²) in [6.07, 6.45) is 3.45. The average Bonchev–Trinajstić information content (AvgIpc) is 3.03. The Kier molecular flexibility index (Phi) is 4.42. The molecule has 3 rings (SSSR count). The van der Waals surface area contributed by atoms with E-state index in [0.717, 1.165) is 48.1 Å². The van der Waals surface area contributed by atoms with Crippen LogP contribution in [-0.4, -0.2) is 43.7 Å². The van der Waals surface area contributed by atoms with Gasteiger partial charge in [-0.05, 0) is 18.8 Å². The summed E-state index contributed by atoms with van der Waals surface area (Å²) in [5, 5.41) is 14.2. The molecule has 2 aromatic heterocycles. The molecule has 1 fully saturated rings. The number of hydrogen-bond donors (Lipinski definition) is 0. The molecule has 120 valence electrons. The van der Waals surface area contributed by atoms with Crippen molar-refractivity contribution < 1.29 is 4.79 Å².